The summed E-state index contributed by atoms with van der Waals surface area (Å²) >= 11 is 0. The van der Waals surface area contributed by atoms with Gasteiger partial charge in [-0.1, -0.05) is 13.8 Å². The Balaban J connectivity index is 2.26. The van der Waals surface area contributed by atoms with Crippen molar-refractivity contribution in [2.45, 2.75) is 20.3 Å². The number of aromatic nitrogens is 3. The maximum Gasteiger partial charge on any atom is 0.205 e. The molecule has 0 fully saturated rings. The van der Waals surface area contributed by atoms with E-state index >= 15 is 0 Å². The largest absolute Gasteiger partial charge is 0.355 e. The molecule has 0 radical (unpaired) electrons. The van der Waals surface area contributed by atoms with Gasteiger partial charge in [0, 0.05) is 19.5 Å². The van der Waals surface area contributed by atoms with Crippen molar-refractivity contribution in [3.63, 3.8) is 0 Å². The molecule has 90 valence electrons. The average molecular weight is 225 g/mol. The second-order valence-electron chi connectivity index (χ2n) is 3.84. The summed E-state index contributed by atoms with van der Waals surface area (Å²) in [5, 5.41) is 9.64. The Labute approximate surface area is 94.9 Å². The Kier molecular flexibility index (Phi) is 5.27. The highest BCUT2D eigenvalue weighted by atomic mass is 15.3. The Morgan fingerprint density at radius 3 is 3.00 bits per heavy atom. The van der Waals surface area contributed by atoms with Crippen molar-refractivity contribution in [3.05, 3.63) is 12.2 Å². The van der Waals surface area contributed by atoms with Gasteiger partial charge in [0.25, 0.3) is 0 Å². The van der Waals surface area contributed by atoms with Crippen LogP contribution in [0.25, 0.3) is 0 Å². The number of nitrogens with one attached hydrogen (secondary N) is 3. The number of hydrazine groups is 1. The van der Waals surface area contributed by atoms with Crippen LogP contribution in [0.3, 0.4) is 0 Å². The van der Waals surface area contributed by atoms with Crippen LogP contribution < -0.4 is 16.6 Å². The first kappa shape index (κ1) is 12.4. The van der Waals surface area contributed by atoms with Gasteiger partial charge in [-0.3, -0.25) is 15.5 Å². The van der Waals surface area contributed by atoms with Gasteiger partial charge in [0.2, 0.25) is 5.96 Å². The van der Waals surface area contributed by atoms with Crippen molar-refractivity contribution in [1.82, 2.24) is 25.9 Å². The number of guanidine groups is 1. The van der Waals surface area contributed by atoms with Crippen LogP contribution in [0.15, 0.2) is 11.3 Å². The van der Waals surface area contributed by atoms with Crippen LogP contribution >= 0.6 is 0 Å². The molecule has 1 aromatic rings. The van der Waals surface area contributed by atoms with Crippen molar-refractivity contribution >= 4 is 5.96 Å². The average Bonchev–Trinajstić information content (AvgIpc) is 2.75. The lowest BCUT2D eigenvalue weighted by molar-refractivity contribution is 0.656. The summed E-state index contributed by atoms with van der Waals surface area (Å²) in [7, 11) is 0. The summed E-state index contributed by atoms with van der Waals surface area (Å²) in [5.41, 5.74) is 2.53. The third-order valence-electron chi connectivity index (χ3n) is 1.87. The van der Waals surface area contributed by atoms with Crippen LogP contribution in [-0.4, -0.2) is 34.2 Å². The van der Waals surface area contributed by atoms with Gasteiger partial charge < -0.3 is 5.32 Å². The molecule has 0 aliphatic rings. The fourth-order valence-electron chi connectivity index (χ4n) is 1.08. The molecule has 0 unspecified atom stereocenters. The van der Waals surface area contributed by atoms with Crippen molar-refractivity contribution < 1.29 is 0 Å². The molecule has 1 aromatic heterocycles. The fraction of sp³-hybridized carbons (Fsp3) is 0.667. The summed E-state index contributed by atoms with van der Waals surface area (Å²) in [6, 6.07) is 0. The number of H-pyrrole nitrogens is 1. The highest BCUT2D eigenvalue weighted by molar-refractivity contribution is 5.79. The second kappa shape index (κ2) is 6.78. The van der Waals surface area contributed by atoms with E-state index in [1.807, 2.05) is 0 Å². The molecule has 0 saturated heterocycles. The van der Waals surface area contributed by atoms with Gasteiger partial charge in [-0.25, -0.2) is 10.8 Å². The van der Waals surface area contributed by atoms with E-state index in [0.717, 1.165) is 18.8 Å². The number of hydrogen-bond acceptors (Lipinski definition) is 4. The molecule has 0 spiro atoms. The lowest BCUT2D eigenvalue weighted by atomic mass is 10.2. The van der Waals surface area contributed by atoms with Crippen LogP contribution in [0.5, 0.6) is 0 Å². The van der Waals surface area contributed by atoms with E-state index in [-0.39, 0.29) is 0 Å². The number of aliphatic imine (C=N–C) groups is 1. The van der Waals surface area contributed by atoms with Gasteiger partial charge >= 0.3 is 0 Å². The van der Waals surface area contributed by atoms with Gasteiger partial charge in [-0.15, -0.1) is 0 Å². The predicted octanol–water partition coefficient (Wildman–Crippen LogP) is -0.588. The van der Waals surface area contributed by atoms with Gasteiger partial charge in [0.15, 0.2) is 0 Å². The maximum absolute atomic E-state index is 5.34. The highest BCUT2D eigenvalue weighted by Crippen LogP contribution is 1.91. The van der Waals surface area contributed by atoms with Crippen molar-refractivity contribution in [2.75, 3.05) is 13.1 Å². The third-order valence-corrected chi connectivity index (χ3v) is 1.87. The van der Waals surface area contributed by atoms with E-state index in [2.05, 4.69) is 44.8 Å². The van der Waals surface area contributed by atoms with Crippen molar-refractivity contribution in [2.24, 2.45) is 16.8 Å². The molecule has 7 heteroatoms. The Bertz CT molecular complexity index is 304. The monoisotopic (exact) mass is 225 g/mol. The molecule has 0 aliphatic carbocycles. The van der Waals surface area contributed by atoms with E-state index < -0.39 is 0 Å². The van der Waals surface area contributed by atoms with Gasteiger partial charge in [0.05, 0.1) is 0 Å². The molecule has 0 amide bonds. The highest BCUT2D eigenvalue weighted by Gasteiger charge is 1.99. The maximum atomic E-state index is 5.34. The van der Waals surface area contributed by atoms with E-state index in [0.29, 0.717) is 18.4 Å². The van der Waals surface area contributed by atoms with Crippen LogP contribution in [0.1, 0.15) is 19.7 Å². The molecule has 5 N–H and O–H groups in total. The van der Waals surface area contributed by atoms with Gasteiger partial charge in [0.1, 0.15) is 12.2 Å². The summed E-state index contributed by atoms with van der Waals surface area (Å²) in [4.78, 5) is 8.30. The number of hydrogen-bond donors (Lipinski definition) is 4. The first-order valence-corrected chi connectivity index (χ1v) is 5.31. The molecule has 1 heterocycles. The normalized spacial score (nSPS) is 11.9. The van der Waals surface area contributed by atoms with Crippen LogP contribution in [-0.2, 0) is 6.42 Å². The summed E-state index contributed by atoms with van der Waals surface area (Å²) in [6.45, 7) is 5.66. The van der Waals surface area contributed by atoms with E-state index in [4.69, 9.17) is 5.84 Å². The minimum atomic E-state index is 0.513. The molecule has 0 atom stereocenters. The first-order valence-electron chi connectivity index (χ1n) is 5.31. The van der Waals surface area contributed by atoms with E-state index in [9.17, 15) is 0 Å². The molecule has 7 nitrogen and oxygen atoms in total. The molecule has 16 heavy (non-hydrogen) atoms. The zero-order valence-electron chi connectivity index (χ0n) is 9.70. The Hall–Kier alpha value is -1.63. The molecular weight excluding hydrogens is 206 g/mol. The lowest BCUT2D eigenvalue weighted by Gasteiger charge is -2.08. The summed E-state index contributed by atoms with van der Waals surface area (Å²) in [6.07, 6.45) is 2.24. The van der Waals surface area contributed by atoms with E-state index in [1.54, 1.807) is 0 Å². The number of rotatable bonds is 5. The standard InChI is InChI=1S/C9H19N7/c1-7(2)5-12-9(15-10)11-4-3-8-13-6-14-16-8/h6-7H,3-5,10H2,1-2H3,(H2,11,12,15)(H,13,14,16). The van der Waals surface area contributed by atoms with Crippen LogP contribution in [0.2, 0.25) is 0 Å². The third kappa shape index (κ3) is 4.74. The predicted molar refractivity (Wildman–Crippen MR) is 62.6 cm³/mol. The van der Waals surface area contributed by atoms with Crippen LogP contribution in [0, 0.1) is 5.92 Å². The quantitative estimate of drug-likeness (QED) is 0.232. The molecular formula is C9H19N7. The second-order valence-corrected chi connectivity index (χ2v) is 3.84. The van der Waals surface area contributed by atoms with Crippen molar-refractivity contribution in [1.29, 1.82) is 0 Å². The van der Waals surface area contributed by atoms with Crippen molar-refractivity contribution in [3.8, 4) is 0 Å². The van der Waals surface area contributed by atoms with Gasteiger partial charge in [-0.05, 0) is 5.92 Å². The number of nitrogens with zero attached hydrogens (tertiary/aromatic N) is 3. The minimum Gasteiger partial charge on any atom is -0.355 e. The van der Waals surface area contributed by atoms with Crippen LogP contribution in [0.4, 0.5) is 0 Å². The summed E-state index contributed by atoms with van der Waals surface area (Å²) < 4.78 is 0. The molecule has 0 aliphatic heterocycles. The SMILES string of the molecule is CC(C)CN=C(NN)NCCc1ncn[nH]1. The number of aromatic amines is 1. The first-order chi connectivity index (χ1) is 7.72. The molecule has 0 aromatic carbocycles. The fourth-order valence-corrected chi connectivity index (χ4v) is 1.08. The Morgan fingerprint density at radius 2 is 2.44 bits per heavy atom. The topological polar surface area (TPSA) is 104 Å². The number of nitrogens with two attached hydrogens (primary N) is 1. The molecule has 0 saturated carbocycles. The van der Waals surface area contributed by atoms with E-state index in [1.165, 1.54) is 6.33 Å². The molecule has 1 rings (SSSR count). The lowest BCUT2D eigenvalue weighted by Crippen LogP contribution is -2.42. The minimum absolute atomic E-state index is 0.513. The smallest absolute Gasteiger partial charge is 0.205 e. The summed E-state index contributed by atoms with van der Waals surface area (Å²) in [5.74, 6) is 7.30. The Morgan fingerprint density at radius 1 is 1.62 bits per heavy atom. The molecule has 0 bridgehead atoms. The zero-order valence-corrected chi connectivity index (χ0v) is 9.70. The van der Waals surface area contributed by atoms with Gasteiger partial charge in [-0.2, -0.15) is 5.10 Å². The zero-order chi connectivity index (χ0) is 11.8.